The van der Waals surface area contributed by atoms with E-state index in [2.05, 4.69) is 143 Å². The SMILES string of the molecule is COC(=O)Cl.COC(=O)c1c[c-]cc2c(N)n[nH]c12.COC(=O)c1cc(Br)cc(C#N)c1F.COC(=O)c1cc(Br)cc2c(N)n[nH]c12.N#Cc1cc(Br)ccc1F.NC(=O)c1c[c-]cc2c(N)n[nH]c12.[3H][N-]c1n[nH]c2c(C(N)=O)c[c-]cc12.[CH3-].[CH3-].[CH3-].[Rb+].[Y].[Y].[Y]. The number of nitrogens with zero attached hydrogens (tertiary/aromatic N) is 6. The van der Waals surface area contributed by atoms with Crippen molar-refractivity contribution in [1.29, 1.82) is 10.5 Å². The van der Waals surface area contributed by atoms with Crippen LogP contribution in [-0.4, -0.2) is 104 Å². The molecule has 0 aliphatic rings. The number of primary amides is 2. The van der Waals surface area contributed by atoms with Crippen molar-refractivity contribution in [3.05, 3.63) is 189 Å². The molecular weight excluding hydrogens is 1710 g/mol. The Kier molecular flexibility index (Phi) is 44.8. The predicted molar refractivity (Wildman–Crippen MR) is 332 cm³/mol. The molecule has 15 N–H and O–H groups in total. The Labute approximate surface area is 675 Å². The van der Waals surface area contributed by atoms with E-state index in [-0.39, 0.29) is 201 Å². The second-order valence-electron chi connectivity index (χ2n) is 15.5. The average Bonchev–Trinajstić information content (AvgIpc) is 1.84. The van der Waals surface area contributed by atoms with Crippen LogP contribution in [0.2, 0.25) is 1.41 Å². The number of carbonyl (C=O) groups is 6. The van der Waals surface area contributed by atoms with E-state index in [0.717, 1.165) is 11.6 Å². The van der Waals surface area contributed by atoms with Crippen LogP contribution in [0.1, 0.15) is 62.9 Å². The van der Waals surface area contributed by atoms with Crippen LogP contribution in [0.25, 0.3) is 49.3 Å². The monoisotopic (exact) mass is 1760 g/mol. The molecule has 0 spiro atoms. The largest absolute Gasteiger partial charge is 1.00 e. The van der Waals surface area contributed by atoms with E-state index in [4.69, 9.17) is 40.6 Å². The summed E-state index contributed by atoms with van der Waals surface area (Å²) in [6.45, 7) is 0. The molecule has 10 rings (SSSR count). The smallest absolute Gasteiger partial charge is 0.491 e. The first-order valence-electron chi connectivity index (χ1n) is 22.9. The quantitative estimate of drug-likeness (QED) is 0.0334. The molecule has 36 heteroatoms. The molecule has 91 heavy (non-hydrogen) atoms. The predicted octanol–water partition coefficient (Wildman–Crippen LogP) is 7.66. The van der Waals surface area contributed by atoms with Gasteiger partial charge in [-0.05, 0) is 70.2 Å². The summed E-state index contributed by atoms with van der Waals surface area (Å²) < 4.78 is 52.1. The van der Waals surface area contributed by atoms with Gasteiger partial charge >= 0.3 is 75.6 Å². The normalized spacial score (nSPS) is 9.21. The first kappa shape index (κ1) is 90.1. The summed E-state index contributed by atoms with van der Waals surface area (Å²) in [6.07, 6.45) is 0. The van der Waals surface area contributed by atoms with Crippen molar-refractivity contribution >= 4 is 161 Å². The van der Waals surface area contributed by atoms with Crippen molar-refractivity contribution in [3.63, 3.8) is 0 Å². The molecule has 0 fully saturated rings. The number of hydrogen-bond donors (Lipinski definition) is 9. The molecule has 0 bridgehead atoms. The van der Waals surface area contributed by atoms with Crippen molar-refractivity contribution in [2.45, 2.75) is 0 Å². The average molecular weight is 1760 g/mol. The Hall–Kier alpha value is -5.09. The Bertz CT molecular complexity index is 4220. The fraction of sp³-hybridized carbons (Fsp3) is 0.0727. The molecule has 0 saturated heterocycles. The van der Waals surface area contributed by atoms with Gasteiger partial charge in [-0.25, -0.2) is 23.2 Å². The van der Waals surface area contributed by atoms with Crippen molar-refractivity contribution in [2.75, 3.05) is 45.6 Å². The number of esters is 3. The number of nitrogens with one attached hydrogen (secondary N) is 5. The molecule has 0 aliphatic heterocycles. The van der Waals surface area contributed by atoms with Gasteiger partial charge in [-0.1, -0.05) is 69.9 Å². The summed E-state index contributed by atoms with van der Waals surface area (Å²) in [5.74, 6) is -2.82. The molecule has 10 aromatic rings. The molecule has 0 atom stereocenters. The Morgan fingerprint density at radius 2 is 0.912 bits per heavy atom. The molecule has 6 aromatic carbocycles. The van der Waals surface area contributed by atoms with E-state index < -0.39 is 46.8 Å². The van der Waals surface area contributed by atoms with E-state index in [9.17, 15) is 37.5 Å². The summed E-state index contributed by atoms with van der Waals surface area (Å²) in [6, 6.07) is 31.4. The third-order valence-corrected chi connectivity index (χ3v) is 12.0. The van der Waals surface area contributed by atoms with E-state index in [1.807, 2.05) is 0 Å². The minimum Gasteiger partial charge on any atom is -0.491 e. The third-order valence-electron chi connectivity index (χ3n) is 10.4. The first-order valence-corrected chi connectivity index (χ1v) is 25.2. The Balaban J connectivity index is -0.000000491. The zero-order valence-corrected chi connectivity index (χ0v) is 68.1. The summed E-state index contributed by atoms with van der Waals surface area (Å²) in [4.78, 5) is 65.1. The molecule has 4 aromatic heterocycles. The van der Waals surface area contributed by atoms with Crippen molar-refractivity contribution in [1.82, 2.24) is 40.8 Å². The fourth-order valence-electron chi connectivity index (χ4n) is 6.51. The number of nitriles is 2. The number of halogens is 6. The van der Waals surface area contributed by atoms with E-state index in [0.29, 0.717) is 92.3 Å². The van der Waals surface area contributed by atoms with Crippen LogP contribution in [0.15, 0.2) is 92.3 Å². The molecule has 4 heterocycles. The van der Waals surface area contributed by atoms with Gasteiger partial charge in [0.2, 0.25) is 0 Å². The number of hydrogen-bond acceptors (Lipinski definition) is 19. The van der Waals surface area contributed by atoms with Crippen LogP contribution >= 0.6 is 59.4 Å². The van der Waals surface area contributed by atoms with Gasteiger partial charge in [0, 0.05) is 130 Å². The number of anilines is 3. The van der Waals surface area contributed by atoms with Crippen LogP contribution in [0, 0.1) is 74.8 Å². The maximum atomic E-state index is 13.3. The number of aromatic amines is 4. The summed E-state index contributed by atoms with van der Waals surface area (Å²) in [7, 11) is 5.01. The molecule has 0 unspecified atom stereocenters. The summed E-state index contributed by atoms with van der Waals surface area (Å²) in [5.41, 5.74) is 32.7. The molecule has 0 aliphatic carbocycles. The van der Waals surface area contributed by atoms with Crippen LogP contribution in [0.5, 0.6) is 0 Å². The molecular formula is C55H49Br3ClF2N16O10RbY3-6. The molecule has 0 saturated carbocycles. The minimum absolute atomic E-state index is 0. The minimum atomic E-state index is -0.859. The van der Waals surface area contributed by atoms with Gasteiger partial charge in [0.15, 0.2) is 23.4 Å². The van der Waals surface area contributed by atoms with Gasteiger partial charge in [0.1, 0.15) is 18.0 Å². The van der Waals surface area contributed by atoms with Crippen LogP contribution < -0.4 is 86.9 Å². The maximum Gasteiger partial charge on any atom is 1.00 e. The zero-order chi connectivity index (χ0) is 63.2. The Morgan fingerprint density at radius 1 is 0.549 bits per heavy atom. The molecule has 3 radical (unpaired) electrons. The second kappa shape index (κ2) is 45.3. The van der Waals surface area contributed by atoms with Gasteiger partial charge in [-0.15, -0.1) is 5.39 Å². The number of amides is 2. The number of carbonyl (C=O) groups excluding carboxylic acids is 6. The van der Waals surface area contributed by atoms with Gasteiger partial charge in [0.25, 0.3) is 5.97 Å². The van der Waals surface area contributed by atoms with Crippen molar-refractivity contribution < 1.29 is 214 Å². The summed E-state index contributed by atoms with van der Waals surface area (Å²) >= 11 is 14.1. The molecule has 2 amide bonds. The van der Waals surface area contributed by atoms with Crippen LogP contribution in [0.3, 0.4) is 0 Å². The third kappa shape index (κ3) is 26.0. The summed E-state index contributed by atoms with van der Waals surface area (Å²) in [5, 5.41) is 45.3. The number of nitrogen functional groups attached to an aromatic ring is 3. The van der Waals surface area contributed by atoms with E-state index in [1.54, 1.807) is 48.5 Å². The number of aromatic nitrogens is 8. The van der Waals surface area contributed by atoms with Gasteiger partial charge in [-0.2, -0.15) is 80.4 Å². The number of rotatable bonds is 6. The first-order chi connectivity index (χ1) is 40.4. The number of benzene rings is 6. The number of methoxy groups -OCH3 is 4. The second-order valence-corrected chi connectivity index (χ2v) is 18.6. The maximum absolute atomic E-state index is 13.3. The molecule has 467 valence electrons. The number of fused-ring (bicyclic) bond motifs is 4. The topological polar surface area (TPSA) is 456 Å². The standard InChI is InChI=1S/C9H5BrFNO2.C9H8BrN3O2.C9H8N3O2.2C8H7N4O.C7H3BrFN.C2H3ClO2.3CH3.Rb.3Y/c1-14-9(13)7-3-6(10)2-5(4-12)8(7)11;1-15-9(14)6-3-4(10)2-5-7(6)12-13-8(5)11;1-14-9(13)6-4-2-3-5-7(6)11-12-8(5)10;2*9-7-4-2-1-3-5(8(10)13)6(4)11-12-7;8-6-1-2-7(9)5(3-6)4-10;1-5-2(3)4;;;;;;;/h2-3H,1H3;2-3H,1H3,(H3,11,12,13);3-4H,1H3,(H3,10,11,12);2-3H,(H2,10,13)(H3,9,11,12);2-3H,(H5,9,10,11,12,13);1-3H;1H3;3*1H3;;;;/q;;3*-1;;;3*-1;+1;;;/p-1/i/hT. The van der Waals surface area contributed by atoms with Crippen molar-refractivity contribution in [3.8, 4) is 12.1 Å². The van der Waals surface area contributed by atoms with Gasteiger partial charge < -0.3 is 96.0 Å². The van der Waals surface area contributed by atoms with E-state index >= 15 is 0 Å². The number of nitrogens with two attached hydrogens (primary N) is 5. The fourth-order valence-corrected chi connectivity index (χ4v) is 7.78. The van der Waals surface area contributed by atoms with Gasteiger partial charge in [0.05, 0.1) is 67.8 Å². The van der Waals surface area contributed by atoms with Gasteiger partial charge in [-0.3, -0.25) is 19.5 Å². The van der Waals surface area contributed by atoms with Crippen molar-refractivity contribution in [2.24, 2.45) is 11.5 Å². The Morgan fingerprint density at radius 3 is 1.34 bits per heavy atom. The zero-order valence-electron chi connectivity index (χ0n) is 50.1. The van der Waals surface area contributed by atoms with E-state index in [1.165, 1.54) is 63.8 Å². The van der Waals surface area contributed by atoms with Crippen LogP contribution in [-0.2, 0) is 117 Å². The van der Waals surface area contributed by atoms with Crippen LogP contribution in [0.4, 0.5) is 36.8 Å². The number of ether oxygens (including phenoxy) is 4. The number of H-pyrrole nitrogens is 4. The molecule has 26 nitrogen and oxygen atoms in total.